The van der Waals surface area contributed by atoms with Crippen LogP contribution in [-0.2, 0) is 9.84 Å². The molecular weight excluding hydrogens is 286 g/mol. The molecule has 2 rings (SSSR count). The minimum Gasteiger partial charge on any atom is -0.388 e. The molecule has 0 spiro atoms. The van der Waals surface area contributed by atoms with Crippen LogP contribution in [0.1, 0.15) is 37.4 Å². The highest BCUT2D eigenvalue weighted by Crippen LogP contribution is 2.36. The van der Waals surface area contributed by atoms with Crippen molar-refractivity contribution in [2.24, 2.45) is 5.92 Å². The van der Waals surface area contributed by atoms with Gasteiger partial charge in [0, 0.05) is 12.5 Å². The van der Waals surface area contributed by atoms with Gasteiger partial charge in [-0.1, -0.05) is 24.1 Å². The summed E-state index contributed by atoms with van der Waals surface area (Å²) in [6, 6.07) is 3.38. The summed E-state index contributed by atoms with van der Waals surface area (Å²) in [6.07, 6.45) is 5.04. The Kier molecular flexibility index (Phi) is 4.48. The zero-order chi connectivity index (χ0) is 14.0. The molecule has 1 heterocycles. The van der Waals surface area contributed by atoms with E-state index in [0.717, 1.165) is 12.8 Å². The maximum absolute atomic E-state index is 11.6. The summed E-state index contributed by atoms with van der Waals surface area (Å²) in [6.45, 7) is 0. The predicted octanol–water partition coefficient (Wildman–Crippen LogP) is 2.37. The molecule has 4 nitrogen and oxygen atoms in total. The van der Waals surface area contributed by atoms with Gasteiger partial charge in [-0.05, 0) is 36.8 Å². The summed E-state index contributed by atoms with van der Waals surface area (Å²) in [5.74, 6) is -0.0311. The van der Waals surface area contributed by atoms with Gasteiger partial charge in [-0.15, -0.1) is 0 Å². The maximum atomic E-state index is 11.6. The normalized spacial score (nSPS) is 26.1. The molecule has 1 N–H and O–H groups in total. The molecule has 1 fully saturated rings. The summed E-state index contributed by atoms with van der Waals surface area (Å²) >= 11 is 5.71. The van der Waals surface area contributed by atoms with E-state index < -0.39 is 15.9 Å². The Bertz CT molecular complexity index is 529. The predicted molar refractivity (Wildman–Crippen MR) is 74.8 cm³/mol. The average Bonchev–Trinajstić information content (AvgIpc) is 2.38. The average molecular weight is 304 g/mol. The van der Waals surface area contributed by atoms with Gasteiger partial charge in [0.2, 0.25) is 0 Å². The molecule has 0 radical (unpaired) electrons. The van der Waals surface area contributed by atoms with Crippen LogP contribution in [0.2, 0.25) is 5.15 Å². The fourth-order valence-corrected chi connectivity index (χ4v) is 3.99. The molecule has 0 aliphatic heterocycles. The molecule has 1 saturated carbocycles. The number of nitrogens with zero attached hydrogens (tertiary/aromatic N) is 1. The molecule has 19 heavy (non-hydrogen) atoms. The Balaban J connectivity index is 2.11. The quantitative estimate of drug-likeness (QED) is 0.871. The summed E-state index contributed by atoms with van der Waals surface area (Å²) in [5.41, 5.74) is 0.698. The van der Waals surface area contributed by atoms with E-state index in [-0.39, 0.29) is 11.2 Å². The molecular formula is C13H18ClNO3S. The highest BCUT2D eigenvalue weighted by molar-refractivity contribution is 7.91. The van der Waals surface area contributed by atoms with Crippen molar-refractivity contribution in [2.75, 3.05) is 6.26 Å². The van der Waals surface area contributed by atoms with Crippen molar-refractivity contribution >= 4 is 21.4 Å². The monoisotopic (exact) mass is 303 g/mol. The van der Waals surface area contributed by atoms with Gasteiger partial charge in [-0.3, -0.25) is 0 Å². The van der Waals surface area contributed by atoms with Crippen LogP contribution in [0.15, 0.2) is 18.3 Å². The van der Waals surface area contributed by atoms with Crippen molar-refractivity contribution in [2.45, 2.75) is 37.0 Å². The fourth-order valence-electron chi connectivity index (χ4n) is 2.69. The van der Waals surface area contributed by atoms with Gasteiger partial charge in [-0.2, -0.15) is 0 Å². The Hall–Kier alpha value is -0.650. The van der Waals surface area contributed by atoms with E-state index >= 15 is 0 Å². The lowest BCUT2D eigenvalue weighted by Crippen LogP contribution is -2.30. The molecule has 1 aromatic rings. The van der Waals surface area contributed by atoms with Gasteiger partial charge >= 0.3 is 0 Å². The smallest absolute Gasteiger partial charge is 0.150 e. The van der Waals surface area contributed by atoms with Gasteiger partial charge in [-0.25, -0.2) is 13.4 Å². The molecule has 0 bridgehead atoms. The lowest BCUT2D eigenvalue weighted by molar-refractivity contribution is 0.0854. The van der Waals surface area contributed by atoms with Crippen LogP contribution in [-0.4, -0.2) is 30.0 Å². The number of aliphatic hydroxyl groups excluding tert-OH is 1. The molecule has 1 aromatic heterocycles. The Labute approximate surface area is 118 Å². The van der Waals surface area contributed by atoms with Crippen molar-refractivity contribution < 1.29 is 13.5 Å². The van der Waals surface area contributed by atoms with Crippen LogP contribution < -0.4 is 0 Å². The molecule has 1 aliphatic carbocycles. The van der Waals surface area contributed by atoms with E-state index in [4.69, 9.17) is 11.6 Å². The van der Waals surface area contributed by atoms with Crippen molar-refractivity contribution in [1.29, 1.82) is 0 Å². The van der Waals surface area contributed by atoms with Gasteiger partial charge in [0.25, 0.3) is 0 Å². The Morgan fingerprint density at radius 3 is 2.74 bits per heavy atom. The molecule has 3 atom stereocenters. The second-order valence-electron chi connectivity index (χ2n) is 5.24. The van der Waals surface area contributed by atoms with Gasteiger partial charge in [0.05, 0.1) is 11.4 Å². The summed E-state index contributed by atoms with van der Waals surface area (Å²) in [7, 11) is -3.03. The first-order valence-electron chi connectivity index (χ1n) is 6.36. The van der Waals surface area contributed by atoms with Gasteiger partial charge in [0.15, 0.2) is 0 Å². The lowest BCUT2D eigenvalue weighted by atomic mass is 9.83. The number of rotatable bonds is 3. The van der Waals surface area contributed by atoms with E-state index in [1.165, 1.54) is 6.26 Å². The van der Waals surface area contributed by atoms with E-state index in [1.54, 1.807) is 18.3 Å². The van der Waals surface area contributed by atoms with Crippen LogP contribution in [0.25, 0.3) is 0 Å². The molecule has 0 saturated heterocycles. The highest BCUT2D eigenvalue weighted by Gasteiger charge is 2.32. The number of halogens is 1. The van der Waals surface area contributed by atoms with Crippen LogP contribution >= 0.6 is 11.6 Å². The zero-order valence-corrected chi connectivity index (χ0v) is 12.4. The number of hydrogen-bond acceptors (Lipinski definition) is 4. The standard InChI is InChI=1S/C13H18ClNO3S/c1-19(17,18)11-4-2-3-9(7-11)13(16)10-5-6-12(14)15-8-10/h5-6,8-9,11,13,16H,2-4,7H2,1H3. The lowest BCUT2D eigenvalue weighted by Gasteiger charge is -2.31. The highest BCUT2D eigenvalue weighted by atomic mass is 35.5. The number of pyridine rings is 1. The summed E-state index contributed by atoms with van der Waals surface area (Å²) in [5, 5.41) is 10.4. The van der Waals surface area contributed by atoms with Crippen molar-refractivity contribution in [3.8, 4) is 0 Å². The second-order valence-corrected chi connectivity index (χ2v) is 7.95. The van der Waals surface area contributed by atoms with Gasteiger partial charge in [0.1, 0.15) is 15.0 Å². The largest absolute Gasteiger partial charge is 0.388 e. The first-order valence-corrected chi connectivity index (χ1v) is 8.69. The number of sulfone groups is 1. The van der Waals surface area contributed by atoms with E-state index in [1.807, 2.05) is 0 Å². The third-order valence-corrected chi connectivity index (χ3v) is 5.67. The molecule has 1 aliphatic rings. The molecule has 106 valence electrons. The van der Waals surface area contributed by atoms with Crippen LogP contribution in [0, 0.1) is 5.92 Å². The Morgan fingerprint density at radius 1 is 1.42 bits per heavy atom. The first-order chi connectivity index (χ1) is 8.88. The van der Waals surface area contributed by atoms with Crippen molar-refractivity contribution in [3.63, 3.8) is 0 Å². The van der Waals surface area contributed by atoms with E-state index in [0.29, 0.717) is 23.6 Å². The fraction of sp³-hybridized carbons (Fsp3) is 0.615. The maximum Gasteiger partial charge on any atom is 0.150 e. The third kappa shape index (κ3) is 3.68. The number of hydrogen-bond donors (Lipinski definition) is 1. The summed E-state index contributed by atoms with van der Waals surface area (Å²) in [4.78, 5) is 3.95. The van der Waals surface area contributed by atoms with Crippen LogP contribution in [0.4, 0.5) is 0 Å². The second kappa shape index (κ2) is 5.77. The SMILES string of the molecule is CS(=O)(=O)C1CCCC(C(O)c2ccc(Cl)nc2)C1. The van der Waals surface area contributed by atoms with Crippen molar-refractivity contribution in [3.05, 3.63) is 29.0 Å². The molecule has 6 heteroatoms. The zero-order valence-electron chi connectivity index (χ0n) is 10.8. The molecule has 0 aromatic carbocycles. The van der Waals surface area contributed by atoms with Gasteiger partial charge < -0.3 is 5.11 Å². The third-order valence-electron chi connectivity index (χ3n) is 3.81. The molecule has 0 amide bonds. The first kappa shape index (κ1) is 14.8. The Morgan fingerprint density at radius 2 is 2.16 bits per heavy atom. The number of aliphatic hydroxyl groups is 1. The van der Waals surface area contributed by atoms with Crippen molar-refractivity contribution in [1.82, 2.24) is 4.98 Å². The topological polar surface area (TPSA) is 67.3 Å². The van der Waals surface area contributed by atoms with Crippen LogP contribution in [0.5, 0.6) is 0 Å². The minimum absolute atomic E-state index is 0.0311. The minimum atomic E-state index is -3.03. The van der Waals surface area contributed by atoms with Crippen LogP contribution in [0.3, 0.4) is 0 Å². The van der Waals surface area contributed by atoms with E-state index in [9.17, 15) is 13.5 Å². The number of aromatic nitrogens is 1. The summed E-state index contributed by atoms with van der Waals surface area (Å²) < 4.78 is 23.2. The van der Waals surface area contributed by atoms with E-state index in [2.05, 4.69) is 4.98 Å². The molecule has 3 unspecified atom stereocenters.